The monoisotopic (exact) mass is 1630 g/mol. The molecule has 16 nitrogen and oxygen atoms in total. The van der Waals surface area contributed by atoms with Gasteiger partial charge in [-0.15, -0.1) is 0 Å². The first-order valence-corrected chi connectivity index (χ1v) is 48.8. The molecule has 0 aliphatic rings. The lowest BCUT2D eigenvalue weighted by atomic mass is 10.0. The van der Waals surface area contributed by atoms with Crippen molar-refractivity contribution in [1.29, 1.82) is 0 Å². The van der Waals surface area contributed by atoms with Crippen molar-refractivity contribution in [2.24, 2.45) is 0 Å². The first kappa shape index (κ1) is 109. The molecule has 0 saturated carbocycles. The maximum absolute atomic E-state index is 13.0. The summed E-state index contributed by atoms with van der Waals surface area (Å²) in [6.07, 6.45) is 107. The standard InChI is InChI=1S/C95H168O16P2/c1-4-7-10-13-16-19-22-25-28-30-32-34-36-38-40-41-42-43-44-45-46-47-49-51-52-54-56-58-61-63-66-69-72-75-78-81-93(98)105-84-90(96)85-107-112(101,102)108-86-91(97)87-109-113(103,104)110-89-92(111-95(100)83-80-77-74-71-68-65-60-27-24-21-18-15-12-9-6-3)88-106-94(99)82-79-76-73-70-67-64-62-59-57-55-53-50-48-39-37-35-33-31-29-26-23-20-17-14-11-8-5-2/h8,11,16-17,19-20,25-29,32-35,38-40,48,60,90-92,96-97H,4-7,9-10,12-15,18,21-24,30-31,36-37,41-47,49-59,61-89H2,1-3H3,(H,101,102)(H,103,104)/b11-8-,19-16-,20-17-,28-25-,29-26-,34-32-,35-33-,40-38-,48-39-,60-27-. The number of esters is 3. The molecule has 0 heterocycles. The first-order valence-electron chi connectivity index (χ1n) is 45.8. The smallest absolute Gasteiger partial charge is 0.463 e. The average molecular weight is 1630 g/mol. The Morgan fingerprint density at radius 2 is 0.469 bits per heavy atom. The number of unbranched alkanes of at least 4 members (excludes halogenated alkanes) is 44. The van der Waals surface area contributed by atoms with Gasteiger partial charge in [0, 0.05) is 19.3 Å². The molecule has 0 aromatic heterocycles. The second-order valence-corrected chi connectivity index (χ2v) is 33.6. The molecule has 0 aliphatic carbocycles. The summed E-state index contributed by atoms with van der Waals surface area (Å²) in [5.74, 6) is -1.57. The molecule has 4 N–H and O–H groups in total. The SMILES string of the molecule is CC/C=C\C/C=C\C/C=C\C/C=C\C/C=C\CCCCCCCCCCCCCC(=O)OCC(COP(=O)(O)OCC(O)COP(=O)(O)OCC(O)COC(=O)CCCCCCCCCCCCCCCCCCCCC/C=C\C/C=C\C/C=C\C/C=C\CCCCC)OC(=O)CCCCCCC/C=C\CCCCCCCC. The van der Waals surface area contributed by atoms with Gasteiger partial charge in [-0.05, 0) is 135 Å². The molecule has 0 fully saturated rings. The van der Waals surface area contributed by atoms with Crippen molar-refractivity contribution in [3.8, 4) is 0 Å². The summed E-state index contributed by atoms with van der Waals surface area (Å²) < 4.78 is 61.4. The van der Waals surface area contributed by atoms with Crippen molar-refractivity contribution in [2.45, 2.75) is 424 Å². The van der Waals surface area contributed by atoms with E-state index in [0.717, 1.165) is 141 Å². The Balaban J connectivity index is 4.42. The van der Waals surface area contributed by atoms with Crippen LogP contribution < -0.4 is 0 Å². The second-order valence-electron chi connectivity index (χ2n) is 30.7. The van der Waals surface area contributed by atoms with Gasteiger partial charge in [-0.2, -0.15) is 0 Å². The highest BCUT2D eigenvalue weighted by Crippen LogP contribution is 2.45. The summed E-state index contributed by atoms with van der Waals surface area (Å²) in [6.45, 7) is 2.58. The molecule has 5 unspecified atom stereocenters. The van der Waals surface area contributed by atoms with Gasteiger partial charge < -0.3 is 34.2 Å². The number of carbonyl (C=O) groups is 3. The largest absolute Gasteiger partial charge is 0.472 e. The van der Waals surface area contributed by atoms with Crippen LogP contribution in [0.5, 0.6) is 0 Å². The van der Waals surface area contributed by atoms with Crippen molar-refractivity contribution in [3.63, 3.8) is 0 Å². The third-order valence-electron chi connectivity index (χ3n) is 19.6. The molecular weight excluding hydrogens is 1460 g/mol. The van der Waals surface area contributed by atoms with Crippen LogP contribution >= 0.6 is 15.6 Å². The number of rotatable bonds is 87. The molecular formula is C95H168O16P2. The second kappa shape index (κ2) is 87.3. The van der Waals surface area contributed by atoms with E-state index in [4.69, 9.17) is 32.3 Å². The normalized spacial score (nSPS) is 14.4. The number of phosphoric acid groups is 2. The fourth-order valence-electron chi connectivity index (χ4n) is 12.7. The van der Waals surface area contributed by atoms with Crippen LogP contribution in [0.3, 0.4) is 0 Å². The summed E-state index contributed by atoms with van der Waals surface area (Å²) in [4.78, 5) is 58.9. The van der Waals surface area contributed by atoms with Crippen molar-refractivity contribution in [2.75, 3.05) is 39.6 Å². The summed E-state index contributed by atoms with van der Waals surface area (Å²) in [5.41, 5.74) is 0. The maximum Gasteiger partial charge on any atom is 0.472 e. The highest BCUT2D eigenvalue weighted by molar-refractivity contribution is 7.47. The molecule has 0 saturated heterocycles. The topological polar surface area (TPSA) is 231 Å². The van der Waals surface area contributed by atoms with E-state index in [-0.39, 0.29) is 19.3 Å². The zero-order valence-corrected chi connectivity index (χ0v) is 73.8. The fraction of sp³-hybridized carbons (Fsp3) is 0.758. The molecule has 0 rings (SSSR count). The van der Waals surface area contributed by atoms with E-state index in [1.54, 1.807) is 0 Å². The van der Waals surface area contributed by atoms with Gasteiger partial charge in [0.2, 0.25) is 0 Å². The predicted molar refractivity (Wildman–Crippen MR) is 473 cm³/mol. The van der Waals surface area contributed by atoms with Gasteiger partial charge in [-0.25, -0.2) is 9.13 Å². The van der Waals surface area contributed by atoms with Crippen LogP contribution in [0, 0.1) is 0 Å². The Morgan fingerprint density at radius 3 is 0.770 bits per heavy atom. The lowest BCUT2D eigenvalue weighted by molar-refractivity contribution is -0.161. The van der Waals surface area contributed by atoms with Crippen LogP contribution in [0.1, 0.15) is 406 Å². The van der Waals surface area contributed by atoms with E-state index >= 15 is 0 Å². The highest BCUT2D eigenvalue weighted by Gasteiger charge is 2.29. The highest BCUT2D eigenvalue weighted by atomic mass is 31.2. The zero-order valence-electron chi connectivity index (χ0n) is 72.0. The third kappa shape index (κ3) is 88.6. The lowest BCUT2D eigenvalue weighted by Crippen LogP contribution is -2.30. The Bertz CT molecular complexity index is 2540. The van der Waals surface area contributed by atoms with Gasteiger partial charge in [-0.3, -0.25) is 32.5 Å². The van der Waals surface area contributed by atoms with Gasteiger partial charge in [0.25, 0.3) is 0 Å². The molecule has 0 aromatic rings. The van der Waals surface area contributed by atoms with Crippen molar-refractivity contribution < 1.29 is 75.8 Å². The summed E-state index contributed by atoms with van der Waals surface area (Å²) in [6, 6.07) is 0. The number of allylic oxidation sites excluding steroid dienone is 20. The van der Waals surface area contributed by atoms with Crippen molar-refractivity contribution in [1.82, 2.24) is 0 Å². The molecule has 113 heavy (non-hydrogen) atoms. The minimum Gasteiger partial charge on any atom is -0.463 e. The molecule has 5 atom stereocenters. The number of hydrogen-bond donors (Lipinski definition) is 4. The van der Waals surface area contributed by atoms with Crippen LogP contribution in [-0.4, -0.2) is 95.9 Å². The molecule has 0 bridgehead atoms. The number of ether oxygens (including phenoxy) is 3. The molecule has 0 aromatic carbocycles. The molecule has 18 heteroatoms. The van der Waals surface area contributed by atoms with Gasteiger partial charge in [-0.1, -0.05) is 373 Å². The van der Waals surface area contributed by atoms with Crippen LogP contribution in [0.25, 0.3) is 0 Å². The van der Waals surface area contributed by atoms with Gasteiger partial charge >= 0.3 is 33.6 Å². The van der Waals surface area contributed by atoms with Crippen LogP contribution in [-0.2, 0) is 55.8 Å². The van der Waals surface area contributed by atoms with E-state index < -0.39 is 91.5 Å². The number of carbonyl (C=O) groups excluding carboxylic acids is 3. The van der Waals surface area contributed by atoms with Crippen molar-refractivity contribution in [3.05, 3.63) is 122 Å². The Labute approximate surface area is 691 Å². The summed E-state index contributed by atoms with van der Waals surface area (Å²) >= 11 is 0. The average Bonchev–Trinajstić information content (AvgIpc) is 0.864. The summed E-state index contributed by atoms with van der Waals surface area (Å²) in [5, 5.41) is 20.7. The van der Waals surface area contributed by atoms with Crippen LogP contribution in [0.15, 0.2) is 122 Å². The number of aliphatic hydroxyl groups excluding tert-OH is 2. The van der Waals surface area contributed by atoms with E-state index in [2.05, 4.69) is 142 Å². The van der Waals surface area contributed by atoms with E-state index in [9.17, 15) is 43.5 Å². The molecule has 0 aliphatic heterocycles. The third-order valence-corrected chi connectivity index (χ3v) is 21.5. The fourth-order valence-corrected chi connectivity index (χ4v) is 14.3. The van der Waals surface area contributed by atoms with E-state index in [1.165, 1.54) is 205 Å². The molecule has 0 spiro atoms. The van der Waals surface area contributed by atoms with Gasteiger partial charge in [0.15, 0.2) is 6.10 Å². The molecule has 0 amide bonds. The molecule has 654 valence electrons. The Kier molecular flexibility index (Phi) is 84.1. The van der Waals surface area contributed by atoms with E-state index in [0.29, 0.717) is 19.3 Å². The van der Waals surface area contributed by atoms with Gasteiger partial charge in [0.1, 0.15) is 25.4 Å². The van der Waals surface area contributed by atoms with Crippen LogP contribution in [0.2, 0.25) is 0 Å². The van der Waals surface area contributed by atoms with Crippen molar-refractivity contribution >= 4 is 33.6 Å². The van der Waals surface area contributed by atoms with E-state index in [1.807, 2.05) is 0 Å². The summed E-state index contributed by atoms with van der Waals surface area (Å²) in [7, 11) is -9.80. The minimum atomic E-state index is -4.94. The zero-order chi connectivity index (χ0) is 82.2. The predicted octanol–water partition coefficient (Wildman–Crippen LogP) is 28.0. The number of hydrogen-bond acceptors (Lipinski definition) is 14. The van der Waals surface area contributed by atoms with Crippen LogP contribution in [0.4, 0.5) is 0 Å². The Morgan fingerprint density at radius 1 is 0.257 bits per heavy atom. The Hall–Kier alpha value is -4.05. The quantitative estimate of drug-likeness (QED) is 0.0146. The first-order chi connectivity index (χ1) is 55.2. The lowest BCUT2D eigenvalue weighted by Gasteiger charge is -2.21. The number of aliphatic hydroxyl groups is 2. The maximum atomic E-state index is 13.0. The minimum absolute atomic E-state index is 0.0945. The number of phosphoric ester groups is 2. The van der Waals surface area contributed by atoms with Gasteiger partial charge in [0.05, 0.1) is 26.4 Å². The molecule has 0 radical (unpaired) electrons.